The fraction of sp³-hybridized carbons (Fsp3) is 0.0714. The molecule has 2 N–H and O–H groups in total. The van der Waals surface area contributed by atoms with Crippen LogP contribution < -0.4 is 5.32 Å². The Morgan fingerprint density at radius 2 is 1.86 bits per heavy atom. The van der Waals surface area contributed by atoms with Crippen LogP contribution in [0.4, 0.5) is 17.1 Å². The van der Waals surface area contributed by atoms with Gasteiger partial charge in [0.2, 0.25) is 0 Å². The number of nitro benzene ring substituents is 1. The van der Waals surface area contributed by atoms with E-state index in [2.05, 4.69) is 21.2 Å². The molecule has 2 rings (SSSR count). The van der Waals surface area contributed by atoms with E-state index in [1.165, 1.54) is 18.2 Å². The smallest absolute Gasteiger partial charge is 0.342 e. The van der Waals surface area contributed by atoms with E-state index >= 15 is 0 Å². The van der Waals surface area contributed by atoms with Crippen LogP contribution in [0.2, 0.25) is 0 Å². The number of carbonyl (C=O) groups is 1. The lowest BCUT2D eigenvalue weighted by Gasteiger charge is -2.09. The highest BCUT2D eigenvalue weighted by atomic mass is 79.9. The summed E-state index contributed by atoms with van der Waals surface area (Å²) < 4.78 is 0.910. The van der Waals surface area contributed by atoms with Gasteiger partial charge >= 0.3 is 5.97 Å². The highest BCUT2D eigenvalue weighted by Crippen LogP contribution is 2.27. The second-order valence-corrected chi connectivity index (χ2v) is 5.24. The summed E-state index contributed by atoms with van der Waals surface area (Å²) in [6.45, 7) is 1.95. The van der Waals surface area contributed by atoms with Gasteiger partial charge in [-0.25, -0.2) is 4.79 Å². The zero-order valence-corrected chi connectivity index (χ0v) is 12.5. The number of halogens is 1. The van der Waals surface area contributed by atoms with Crippen molar-refractivity contribution in [1.82, 2.24) is 0 Å². The molecule has 2 aromatic carbocycles. The minimum absolute atomic E-state index is 0.351. The molecule has 6 nitrogen and oxygen atoms in total. The summed E-state index contributed by atoms with van der Waals surface area (Å²) in [7, 11) is 0. The third kappa shape index (κ3) is 3.38. The summed E-state index contributed by atoms with van der Waals surface area (Å²) in [4.78, 5) is 21.2. The SMILES string of the molecule is Cc1ccc(Nc2ccc([N+](=O)[O-])c(C(=O)O)c2)cc1Br. The van der Waals surface area contributed by atoms with E-state index in [1.807, 2.05) is 25.1 Å². The molecule has 0 spiro atoms. The first kappa shape index (κ1) is 15.0. The minimum atomic E-state index is -1.34. The van der Waals surface area contributed by atoms with Gasteiger partial charge in [-0.2, -0.15) is 0 Å². The number of nitro groups is 1. The van der Waals surface area contributed by atoms with Crippen LogP contribution in [-0.4, -0.2) is 16.0 Å². The summed E-state index contributed by atoms with van der Waals surface area (Å²) >= 11 is 3.40. The van der Waals surface area contributed by atoms with Crippen LogP contribution in [0, 0.1) is 17.0 Å². The van der Waals surface area contributed by atoms with Gasteiger partial charge in [-0.1, -0.05) is 22.0 Å². The summed E-state index contributed by atoms with van der Waals surface area (Å²) in [6, 6.07) is 9.47. The van der Waals surface area contributed by atoms with Gasteiger partial charge in [0.05, 0.1) is 4.92 Å². The van der Waals surface area contributed by atoms with Crippen LogP contribution in [0.25, 0.3) is 0 Å². The van der Waals surface area contributed by atoms with Crippen molar-refractivity contribution in [1.29, 1.82) is 0 Å². The van der Waals surface area contributed by atoms with E-state index < -0.39 is 16.6 Å². The number of hydrogen-bond donors (Lipinski definition) is 2. The first-order chi connectivity index (χ1) is 9.88. The number of aromatic carboxylic acids is 1. The predicted molar refractivity (Wildman–Crippen MR) is 82.2 cm³/mol. The minimum Gasteiger partial charge on any atom is -0.477 e. The number of benzene rings is 2. The molecule has 0 heterocycles. The summed E-state index contributed by atoms with van der Waals surface area (Å²) in [6.07, 6.45) is 0. The second kappa shape index (κ2) is 5.92. The molecule has 0 amide bonds. The van der Waals surface area contributed by atoms with E-state index in [1.54, 1.807) is 0 Å². The molecule has 0 aliphatic carbocycles. The third-order valence-electron chi connectivity index (χ3n) is 2.88. The maximum Gasteiger partial charge on any atom is 0.342 e. The molecule has 0 unspecified atom stereocenters. The van der Waals surface area contributed by atoms with Gasteiger partial charge in [0.15, 0.2) is 0 Å². The molecule has 2 aromatic rings. The Morgan fingerprint density at radius 1 is 1.24 bits per heavy atom. The quantitative estimate of drug-likeness (QED) is 0.639. The number of anilines is 2. The highest BCUT2D eigenvalue weighted by Gasteiger charge is 2.19. The summed E-state index contributed by atoms with van der Waals surface area (Å²) in [5, 5.41) is 22.9. The van der Waals surface area contributed by atoms with Crippen LogP contribution in [0.3, 0.4) is 0 Å². The molecule has 0 fully saturated rings. The van der Waals surface area contributed by atoms with Gasteiger partial charge < -0.3 is 10.4 Å². The number of aryl methyl sites for hydroxylation is 1. The predicted octanol–water partition coefficient (Wildman–Crippen LogP) is 4.11. The lowest BCUT2D eigenvalue weighted by atomic mass is 10.1. The summed E-state index contributed by atoms with van der Waals surface area (Å²) in [5.74, 6) is -1.34. The number of carboxylic acid groups (broad SMARTS) is 1. The fourth-order valence-corrected chi connectivity index (χ4v) is 2.16. The Balaban J connectivity index is 2.36. The maximum absolute atomic E-state index is 11.1. The number of carboxylic acids is 1. The van der Waals surface area contributed by atoms with Gasteiger partial charge in [0.25, 0.3) is 5.69 Å². The Bertz CT molecular complexity index is 731. The number of nitrogens with zero attached hydrogens (tertiary/aromatic N) is 1. The number of rotatable bonds is 4. The molecular weight excluding hydrogens is 340 g/mol. The zero-order valence-electron chi connectivity index (χ0n) is 11.0. The zero-order chi connectivity index (χ0) is 15.6. The Morgan fingerprint density at radius 3 is 2.43 bits per heavy atom. The van der Waals surface area contributed by atoms with Crippen molar-refractivity contribution in [2.24, 2.45) is 0 Å². The molecule has 0 aliphatic rings. The van der Waals surface area contributed by atoms with E-state index in [9.17, 15) is 14.9 Å². The lowest BCUT2D eigenvalue weighted by Crippen LogP contribution is -2.03. The van der Waals surface area contributed by atoms with Crippen molar-refractivity contribution >= 4 is 39.0 Å². The Kier molecular flexibility index (Phi) is 4.23. The van der Waals surface area contributed by atoms with Crippen molar-refractivity contribution in [2.45, 2.75) is 6.92 Å². The van der Waals surface area contributed by atoms with Gasteiger partial charge in [-0.15, -0.1) is 0 Å². The normalized spacial score (nSPS) is 10.2. The lowest BCUT2D eigenvalue weighted by molar-refractivity contribution is -0.385. The average molecular weight is 351 g/mol. The molecule has 0 radical (unpaired) electrons. The van der Waals surface area contributed by atoms with Crippen molar-refractivity contribution in [3.05, 3.63) is 62.1 Å². The highest BCUT2D eigenvalue weighted by molar-refractivity contribution is 9.10. The molecule has 0 saturated carbocycles. The summed E-state index contributed by atoms with van der Waals surface area (Å²) in [5.41, 5.74) is 1.50. The van der Waals surface area contributed by atoms with Crippen molar-refractivity contribution in [3.63, 3.8) is 0 Å². The Labute approximate surface area is 128 Å². The average Bonchev–Trinajstić information content (AvgIpc) is 2.42. The molecule has 0 aromatic heterocycles. The van der Waals surface area contributed by atoms with Crippen molar-refractivity contribution in [3.8, 4) is 0 Å². The van der Waals surface area contributed by atoms with E-state index in [4.69, 9.17) is 5.11 Å². The van der Waals surface area contributed by atoms with Gasteiger partial charge in [0.1, 0.15) is 5.56 Å². The van der Waals surface area contributed by atoms with E-state index in [-0.39, 0.29) is 5.56 Å². The molecule has 7 heteroatoms. The standard InChI is InChI=1S/C14H11BrN2O4/c1-8-2-3-10(7-12(8)15)16-9-4-5-13(17(20)21)11(6-9)14(18)19/h2-7,16H,1H3,(H,18,19). The molecule has 21 heavy (non-hydrogen) atoms. The van der Waals surface area contributed by atoms with Crippen LogP contribution in [0.15, 0.2) is 40.9 Å². The molecule has 0 bridgehead atoms. The fourth-order valence-electron chi connectivity index (χ4n) is 1.78. The van der Waals surface area contributed by atoms with Crippen LogP contribution in [0.5, 0.6) is 0 Å². The Hall–Kier alpha value is -2.41. The second-order valence-electron chi connectivity index (χ2n) is 4.38. The van der Waals surface area contributed by atoms with Crippen LogP contribution in [-0.2, 0) is 0 Å². The third-order valence-corrected chi connectivity index (χ3v) is 3.74. The van der Waals surface area contributed by atoms with E-state index in [0.717, 1.165) is 15.7 Å². The first-order valence-corrected chi connectivity index (χ1v) is 6.72. The molecule has 108 valence electrons. The molecule has 0 saturated heterocycles. The van der Waals surface area contributed by atoms with Crippen LogP contribution in [0.1, 0.15) is 15.9 Å². The molecule has 0 atom stereocenters. The van der Waals surface area contributed by atoms with Gasteiger partial charge in [0, 0.05) is 21.9 Å². The maximum atomic E-state index is 11.1. The van der Waals surface area contributed by atoms with Gasteiger partial charge in [-0.05, 0) is 36.8 Å². The largest absolute Gasteiger partial charge is 0.477 e. The van der Waals surface area contributed by atoms with Crippen molar-refractivity contribution < 1.29 is 14.8 Å². The molecular formula is C14H11BrN2O4. The molecule has 0 aliphatic heterocycles. The monoisotopic (exact) mass is 350 g/mol. The van der Waals surface area contributed by atoms with Gasteiger partial charge in [-0.3, -0.25) is 10.1 Å². The first-order valence-electron chi connectivity index (χ1n) is 5.93. The number of hydrogen-bond acceptors (Lipinski definition) is 4. The van der Waals surface area contributed by atoms with Crippen molar-refractivity contribution in [2.75, 3.05) is 5.32 Å². The van der Waals surface area contributed by atoms with Crippen LogP contribution >= 0.6 is 15.9 Å². The topological polar surface area (TPSA) is 92.5 Å². The van der Waals surface area contributed by atoms with E-state index in [0.29, 0.717) is 5.69 Å². The number of nitrogens with one attached hydrogen (secondary N) is 1.